The lowest BCUT2D eigenvalue weighted by Crippen LogP contribution is -2.34. The van der Waals surface area contributed by atoms with E-state index in [4.69, 9.17) is 11.6 Å². The van der Waals surface area contributed by atoms with Crippen LogP contribution < -0.4 is 11.6 Å². The topological polar surface area (TPSA) is 80.5 Å². The number of aromatic nitrogens is 1. The number of rotatable bonds is 2. The van der Waals surface area contributed by atoms with Gasteiger partial charge in [0.1, 0.15) is 0 Å². The van der Waals surface area contributed by atoms with Gasteiger partial charge in [-0.15, -0.1) is 5.10 Å². The first-order chi connectivity index (χ1) is 6.24. The van der Waals surface area contributed by atoms with E-state index in [0.29, 0.717) is 12.5 Å². The maximum absolute atomic E-state index is 5.50. The van der Waals surface area contributed by atoms with Crippen molar-refractivity contribution in [1.29, 1.82) is 0 Å². The summed E-state index contributed by atoms with van der Waals surface area (Å²) >= 11 is 0. The van der Waals surface area contributed by atoms with Crippen LogP contribution in [0.15, 0.2) is 29.6 Å². The highest BCUT2D eigenvalue weighted by Gasteiger charge is 2.01. The summed E-state index contributed by atoms with van der Waals surface area (Å²) in [7, 11) is 1.83. The monoisotopic (exact) mass is 179 g/mol. The molecule has 13 heavy (non-hydrogen) atoms. The Balaban J connectivity index is 2.60. The van der Waals surface area contributed by atoms with Crippen molar-refractivity contribution in [3.8, 4) is 0 Å². The van der Waals surface area contributed by atoms with Crippen molar-refractivity contribution in [3.05, 3.63) is 30.1 Å². The van der Waals surface area contributed by atoms with E-state index in [0.717, 1.165) is 5.56 Å². The molecule has 1 rings (SSSR count). The number of pyridine rings is 1. The summed E-state index contributed by atoms with van der Waals surface area (Å²) in [6.45, 7) is 0.676. The number of guanidine groups is 1. The van der Waals surface area contributed by atoms with E-state index < -0.39 is 0 Å². The molecule has 0 aliphatic carbocycles. The lowest BCUT2D eigenvalue weighted by atomic mass is 10.2. The number of nitrogens with two attached hydrogens (primary N) is 2. The number of hydrogen-bond donors (Lipinski definition) is 2. The summed E-state index contributed by atoms with van der Waals surface area (Å²) in [6.07, 6.45) is 3.47. The molecule has 0 aliphatic rings. The molecule has 70 valence electrons. The fourth-order valence-electron chi connectivity index (χ4n) is 0.942. The van der Waals surface area contributed by atoms with Gasteiger partial charge in [-0.1, -0.05) is 0 Å². The smallest absolute Gasteiger partial charge is 0.213 e. The zero-order valence-electron chi connectivity index (χ0n) is 7.51. The van der Waals surface area contributed by atoms with Crippen LogP contribution in [0.3, 0.4) is 0 Å². The van der Waals surface area contributed by atoms with Gasteiger partial charge in [-0.25, -0.2) is 0 Å². The summed E-state index contributed by atoms with van der Waals surface area (Å²) in [5.74, 6) is 5.35. The molecule has 1 aromatic rings. The quantitative estimate of drug-likeness (QED) is 0.283. The Morgan fingerprint density at radius 1 is 1.54 bits per heavy atom. The van der Waals surface area contributed by atoms with Gasteiger partial charge in [-0.05, 0) is 17.7 Å². The van der Waals surface area contributed by atoms with Crippen molar-refractivity contribution in [2.75, 3.05) is 7.05 Å². The molecule has 0 fully saturated rings. The molecule has 5 heteroatoms. The number of hydrogen-bond acceptors (Lipinski definition) is 3. The third-order valence-electron chi connectivity index (χ3n) is 1.69. The average Bonchev–Trinajstić information content (AvgIpc) is 2.18. The average molecular weight is 179 g/mol. The number of nitrogens with zero attached hydrogens (tertiary/aromatic N) is 3. The van der Waals surface area contributed by atoms with Crippen LogP contribution in [0, 0.1) is 0 Å². The summed E-state index contributed by atoms with van der Waals surface area (Å²) in [5, 5.41) is 3.39. The lowest BCUT2D eigenvalue weighted by molar-refractivity contribution is 0.492. The van der Waals surface area contributed by atoms with E-state index in [1.54, 1.807) is 17.3 Å². The van der Waals surface area contributed by atoms with E-state index in [-0.39, 0.29) is 0 Å². The van der Waals surface area contributed by atoms with E-state index >= 15 is 0 Å². The summed E-state index contributed by atoms with van der Waals surface area (Å²) in [5.41, 5.74) is 6.61. The zero-order chi connectivity index (χ0) is 9.68. The molecule has 0 saturated heterocycles. The molecule has 0 unspecified atom stereocenters. The van der Waals surface area contributed by atoms with Gasteiger partial charge in [0.15, 0.2) is 0 Å². The molecule has 0 aliphatic heterocycles. The molecule has 4 N–H and O–H groups in total. The van der Waals surface area contributed by atoms with E-state index in [1.165, 1.54) is 0 Å². The Hall–Kier alpha value is -1.78. The predicted molar refractivity (Wildman–Crippen MR) is 51.5 cm³/mol. The van der Waals surface area contributed by atoms with Gasteiger partial charge in [0, 0.05) is 26.0 Å². The highest BCUT2D eigenvalue weighted by atomic mass is 15.3. The molecular weight excluding hydrogens is 166 g/mol. The maximum Gasteiger partial charge on any atom is 0.213 e. The van der Waals surface area contributed by atoms with Crippen molar-refractivity contribution in [2.24, 2.45) is 16.7 Å². The van der Waals surface area contributed by atoms with Crippen LogP contribution in [0.1, 0.15) is 5.56 Å². The third-order valence-corrected chi connectivity index (χ3v) is 1.69. The second kappa shape index (κ2) is 4.30. The molecule has 0 atom stereocenters. The molecule has 1 aromatic heterocycles. The molecule has 0 aromatic carbocycles. The first-order valence-corrected chi connectivity index (χ1v) is 3.87. The molecule has 0 bridgehead atoms. The standard InChI is InChI=1S/C8H13N5/c1-13(8(9)12-10)6-7-2-4-11-5-3-7/h2-5H,6,10H2,1H3,(H2,9,12). The maximum atomic E-state index is 5.50. The SMILES string of the molecule is CN(Cc1ccncc1)C(N)=NN. The van der Waals surface area contributed by atoms with Crippen molar-refractivity contribution >= 4 is 5.96 Å². The Bertz CT molecular complexity index is 282. The Kier molecular flexibility index (Phi) is 3.08. The molecule has 0 radical (unpaired) electrons. The van der Waals surface area contributed by atoms with Crippen molar-refractivity contribution in [3.63, 3.8) is 0 Å². The van der Waals surface area contributed by atoms with Crippen LogP contribution in [0.5, 0.6) is 0 Å². The minimum absolute atomic E-state index is 0.316. The normalized spacial score (nSPS) is 11.3. The van der Waals surface area contributed by atoms with Crippen molar-refractivity contribution in [1.82, 2.24) is 9.88 Å². The first kappa shape index (κ1) is 9.31. The highest BCUT2D eigenvalue weighted by molar-refractivity contribution is 5.77. The molecule has 0 amide bonds. The van der Waals surface area contributed by atoms with Crippen molar-refractivity contribution < 1.29 is 0 Å². The molecule has 0 saturated carbocycles. The fraction of sp³-hybridized carbons (Fsp3) is 0.250. The van der Waals surface area contributed by atoms with E-state index in [2.05, 4.69) is 10.1 Å². The van der Waals surface area contributed by atoms with Gasteiger partial charge in [-0.3, -0.25) is 4.98 Å². The Morgan fingerprint density at radius 2 is 2.15 bits per heavy atom. The van der Waals surface area contributed by atoms with Crippen LogP contribution >= 0.6 is 0 Å². The highest BCUT2D eigenvalue weighted by Crippen LogP contribution is 1.99. The van der Waals surface area contributed by atoms with Crippen LogP contribution in [0.2, 0.25) is 0 Å². The van der Waals surface area contributed by atoms with Crippen LogP contribution in [0.25, 0.3) is 0 Å². The largest absolute Gasteiger partial charge is 0.368 e. The van der Waals surface area contributed by atoms with Crippen LogP contribution in [0.4, 0.5) is 0 Å². The number of hydrazone groups is 1. The van der Waals surface area contributed by atoms with Gasteiger partial charge in [0.05, 0.1) is 0 Å². The molecule has 5 nitrogen and oxygen atoms in total. The van der Waals surface area contributed by atoms with Crippen molar-refractivity contribution in [2.45, 2.75) is 6.54 Å². The third kappa shape index (κ3) is 2.62. The van der Waals surface area contributed by atoms with E-state index in [9.17, 15) is 0 Å². The zero-order valence-corrected chi connectivity index (χ0v) is 7.51. The van der Waals surface area contributed by atoms with Crippen LogP contribution in [-0.4, -0.2) is 22.9 Å². The van der Waals surface area contributed by atoms with Gasteiger partial charge in [0.25, 0.3) is 0 Å². The first-order valence-electron chi connectivity index (χ1n) is 3.87. The van der Waals surface area contributed by atoms with Gasteiger partial charge < -0.3 is 16.5 Å². The Morgan fingerprint density at radius 3 is 2.69 bits per heavy atom. The second-order valence-electron chi connectivity index (χ2n) is 2.70. The molecular formula is C8H13N5. The van der Waals surface area contributed by atoms with Crippen LogP contribution in [-0.2, 0) is 6.54 Å². The van der Waals surface area contributed by atoms with Gasteiger partial charge in [-0.2, -0.15) is 0 Å². The minimum Gasteiger partial charge on any atom is -0.368 e. The van der Waals surface area contributed by atoms with Gasteiger partial charge in [0.2, 0.25) is 5.96 Å². The summed E-state index contributed by atoms with van der Waals surface area (Å²) < 4.78 is 0. The summed E-state index contributed by atoms with van der Waals surface area (Å²) in [4.78, 5) is 5.67. The van der Waals surface area contributed by atoms with Gasteiger partial charge >= 0.3 is 0 Å². The lowest BCUT2D eigenvalue weighted by Gasteiger charge is -2.16. The molecule has 0 spiro atoms. The predicted octanol–water partition coefficient (Wildman–Crippen LogP) is -0.298. The fourth-order valence-corrected chi connectivity index (χ4v) is 0.942. The summed E-state index contributed by atoms with van der Waals surface area (Å²) in [6, 6.07) is 3.83. The molecule has 1 heterocycles. The second-order valence-corrected chi connectivity index (χ2v) is 2.70. The minimum atomic E-state index is 0.316. The Labute approximate surface area is 77.1 Å². The van der Waals surface area contributed by atoms with E-state index in [1.807, 2.05) is 19.2 Å².